The predicted molar refractivity (Wildman–Crippen MR) is 53.1 cm³/mol. The molecule has 2 aromatic heterocycles. The highest BCUT2D eigenvalue weighted by Gasteiger charge is 2.08. The number of thiophene rings is 1. The molecule has 68 valence electrons. The fourth-order valence-corrected chi connectivity index (χ4v) is 2.31. The fraction of sp³-hybridized carbons (Fsp3) is 0.222. The number of aromatic nitrogens is 1. The van der Waals surface area contributed by atoms with Gasteiger partial charge >= 0.3 is 0 Å². The molecule has 2 N–H and O–H groups in total. The van der Waals surface area contributed by atoms with Crippen LogP contribution in [0.5, 0.6) is 0 Å². The van der Waals surface area contributed by atoms with Crippen LogP contribution >= 0.6 is 11.3 Å². The van der Waals surface area contributed by atoms with Crippen molar-refractivity contribution < 1.29 is 5.11 Å². The molecule has 4 heteroatoms. The zero-order chi connectivity index (χ0) is 9.42. The summed E-state index contributed by atoms with van der Waals surface area (Å²) in [6.07, 6.45) is 0. The van der Waals surface area contributed by atoms with Crippen LogP contribution < -0.4 is 5.56 Å². The Balaban J connectivity index is 2.97. The summed E-state index contributed by atoms with van der Waals surface area (Å²) in [6, 6.07) is 1.87. The summed E-state index contributed by atoms with van der Waals surface area (Å²) in [6.45, 7) is 1.66. The van der Waals surface area contributed by atoms with Crippen molar-refractivity contribution in [2.75, 3.05) is 0 Å². The van der Waals surface area contributed by atoms with Gasteiger partial charge in [-0.15, -0.1) is 11.3 Å². The highest BCUT2D eigenvalue weighted by atomic mass is 32.1. The summed E-state index contributed by atoms with van der Waals surface area (Å²) >= 11 is 1.57. The molecule has 0 radical (unpaired) electrons. The van der Waals surface area contributed by atoms with Gasteiger partial charge in [0.05, 0.1) is 16.9 Å². The number of aliphatic hydroxyl groups excluding tert-OH is 1. The Morgan fingerprint density at radius 1 is 1.62 bits per heavy atom. The first-order chi connectivity index (χ1) is 6.24. The number of hydrogen-bond donors (Lipinski definition) is 2. The van der Waals surface area contributed by atoms with Crippen LogP contribution in [0.3, 0.4) is 0 Å². The topological polar surface area (TPSA) is 53.1 Å². The van der Waals surface area contributed by atoms with E-state index in [1.165, 1.54) is 0 Å². The number of nitrogens with one attached hydrogen (secondary N) is 1. The molecule has 0 aliphatic rings. The van der Waals surface area contributed by atoms with E-state index >= 15 is 0 Å². The minimum Gasteiger partial charge on any atom is -0.391 e. The number of fused-ring (bicyclic) bond motifs is 1. The molecule has 0 aliphatic carbocycles. The van der Waals surface area contributed by atoms with E-state index in [0.29, 0.717) is 5.56 Å². The average Bonchev–Trinajstić information content (AvgIpc) is 2.53. The number of H-pyrrole nitrogens is 1. The van der Waals surface area contributed by atoms with Gasteiger partial charge in [-0.3, -0.25) is 4.79 Å². The van der Waals surface area contributed by atoms with E-state index in [1.807, 2.05) is 18.4 Å². The third kappa shape index (κ3) is 1.18. The van der Waals surface area contributed by atoms with Gasteiger partial charge < -0.3 is 10.1 Å². The highest BCUT2D eigenvalue weighted by Crippen LogP contribution is 2.23. The van der Waals surface area contributed by atoms with E-state index in [1.54, 1.807) is 11.3 Å². The van der Waals surface area contributed by atoms with E-state index in [4.69, 9.17) is 5.11 Å². The number of pyridine rings is 1. The summed E-state index contributed by atoms with van der Waals surface area (Å²) in [5.41, 5.74) is 1.14. The molecule has 0 bridgehead atoms. The van der Waals surface area contributed by atoms with Crippen LogP contribution in [0, 0.1) is 6.92 Å². The minimum atomic E-state index is -0.206. The Morgan fingerprint density at radius 3 is 3.08 bits per heavy atom. The lowest BCUT2D eigenvalue weighted by atomic mass is 10.2. The maximum absolute atomic E-state index is 11.4. The van der Waals surface area contributed by atoms with Crippen LogP contribution in [0.25, 0.3) is 10.1 Å². The molecule has 0 saturated heterocycles. The zero-order valence-electron chi connectivity index (χ0n) is 7.13. The van der Waals surface area contributed by atoms with Gasteiger partial charge in [-0.2, -0.15) is 0 Å². The second-order valence-electron chi connectivity index (χ2n) is 2.88. The first kappa shape index (κ1) is 8.47. The van der Waals surface area contributed by atoms with Crippen molar-refractivity contribution in [1.82, 2.24) is 4.98 Å². The standard InChI is InChI=1S/C9H9NO2S/c1-5-8-6(2-3-13-8)7(4-11)9(12)10-5/h2-3,11H,4H2,1H3,(H,10,12). The average molecular weight is 195 g/mol. The minimum absolute atomic E-state index is 0.189. The Labute approximate surface area is 78.7 Å². The maximum Gasteiger partial charge on any atom is 0.254 e. The molecule has 2 rings (SSSR count). The van der Waals surface area contributed by atoms with Gasteiger partial charge in [0.15, 0.2) is 0 Å². The number of aliphatic hydroxyl groups is 1. The van der Waals surface area contributed by atoms with Crippen molar-refractivity contribution in [3.8, 4) is 0 Å². The third-order valence-electron chi connectivity index (χ3n) is 2.06. The largest absolute Gasteiger partial charge is 0.391 e. The Morgan fingerprint density at radius 2 is 2.38 bits per heavy atom. The lowest BCUT2D eigenvalue weighted by Crippen LogP contribution is -2.13. The molecule has 0 fully saturated rings. The molecule has 13 heavy (non-hydrogen) atoms. The van der Waals surface area contributed by atoms with Crippen molar-refractivity contribution in [2.45, 2.75) is 13.5 Å². The van der Waals surface area contributed by atoms with Crippen LogP contribution in [0.4, 0.5) is 0 Å². The quantitative estimate of drug-likeness (QED) is 0.722. The van der Waals surface area contributed by atoms with Gasteiger partial charge in [0.25, 0.3) is 5.56 Å². The first-order valence-corrected chi connectivity index (χ1v) is 4.82. The lowest BCUT2D eigenvalue weighted by Gasteiger charge is -2.00. The Kier molecular flexibility index (Phi) is 1.94. The Bertz CT molecular complexity index is 498. The highest BCUT2D eigenvalue weighted by molar-refractivity contribution is 7.17. The molecule has 0 atom stereocenters. The Hall–Kier alpha value is -1.13. The van der Waals surface area contributed by atoms with E-state index in [9.17, 15) is 4.79 Å². The van der Waals surface area contributed by atoms with Gasteiger partial charge in [0.1, 0.15) is 0 Å². The van der Waals surface area contributed by atoms with Gasteiger partial charge in [-0.05, 0) is 18.4 Å². The van der Waals surface area contributed by atoms with Crippen molar-refractivity contribution in [3.05, 3.63) is 33.1 Å². The van der Waals surface area contributed by atoms with Gasteiger partial charge in [-0.1, -0.05) is 0 Å². The fourth-order valence-electron chi connectivity index (χ4n) is 1.42. The lowest BCUT2D eigenvalue weighted by molar-refractivity contribution is 0.281. The smallest absolute Gasteiger partial charge is 0.254 e. The van der Waals surface area contributed by atoms with Gasteiger partial charge in [0, 0.05) is 11.1 Å². The molecule has 0 unspecified atom stereocenters. The van der Waals surface area contributed by atoms with Crippen molar-refractivity contribution >= 4 is 21.4 Å². The summed E-state index contributed by atoms with van der Waals surface area (Å²) in [7, 11) is 0. The first-order valence-electron chi connectivity index (χ1n) is 3.94. The van der Waals surface area contributed by atoms with Gasteiger partial charge in [0.2, 0.25) is 0 Å². The SMILES string of the molecule is Cc1[nH]c(=O)c(CO)c2ccsc12. The van der Waals surface area contributed by atoms with Gasteiger partial charge in [-0.25, -0.2) is 0 Å². The van der Waals surface area contributed by atoms with Crippen molar-refractivity contribution in [2.24, 2.45) is 0 Å². The molecular weight excluding hydrogens is 186 g/mol. The molecule has 0 saturated carbocycles. The molecule has 2 heterocycles. The van der Waals surface area contributed by atoms with E-state index < -0.39 is 0 Å². The predicted octanol–water partition coefficient (Wildman–Crippen LogP) is 1.39. The summed E-state index contributed by atoms with van der Waals surface area (Å²) < 4.78 is 1.05. The monoisotopic (exact) mass is 195 g/mol. The molecule has 0 amide bonds. The summed E-state index contributed by atoms with van der Waals surface area (Å²) in [5.74, 6) is 0. The summed E-state index contributed by atoms with van der Waals surface area (Å²) in [5, 5.41) is 11.8. The van der Waals surface area contributed by atoms with E-state index in [2.05, 4.69) is 4.98 Å². The molecule has 0 aromatic carbocycles. The van der Waals surface area contributed by atoms with Crippen LogP contribution in [0.1, 0.15) is 11.3 Å². The third-order valence-corrected chi connectivity index (χ3v) is 3.10. The van der Waals surface area contributed by atoms with E-state index in [-0.39, 0.29) is 12.2 Å². The molecule has 0 spiro atoms. The summed E-state index contributed by atoms with van der Waals surface area (Å²) in [4.78, 5) is 14.1. The normalized spacial score (nSPS) is 10.9. The van der Waals surface area contributed by atoms with Crippen molar-refractivity contribution in [3.63, 3.8) is 0 Å². The number of hydrogen-bond acceptors (Lipinski definition) is 3. The van der Waals surface area contributed by atoms with Crippen molar-refractivity contribution in [1.29, 1.82) is 0 Å². The number of aryl methyl sites for hydroxylation is 1. The van der Waals surface area contributed by atoms with Crippen LogP contribution in [-0.2, 0) is 6.61 Å². The number of aromatic amines is 1. The second-order valence-corrected chi connectivity index (χ2v) is 3.80. The molecule has 0 aliphatic heterocycles. The van der Waals surface area contributed by atoms with Crippen LogP contribution in [-0.4, -0.2) is 10.1 Å². The molecule has 2 aromatic rings. The van der Waals surface area contributed by atoms with Crippen LogP contribution in [0.15, 0.2) is 16.2 Å². The zero-order valence-corrected chi connectivity index (χ0v) is 7.94. The molecule has 3 nitrogen and oxygen atoms in total. The van der Waals surface area contributed by atoms with Crippen LogP contribution in [0.2, 0.25) is 0 Å². The maximum atomic E-state index is 11.4. The second kappa shape index (κ2) is 2.97. The van der Waals surface area contributed by atoms with E-state index in [0.717, 1.165) is 15.8 Å². The molecular formula is C9H9NO2S. The number of rotatable bonds is 1.